The fourth-order valence-corrected chi connectivity index (χ4v) is 10.9. The van der Waals surface area contributed by atoms with Crippen molar-refractivity contribution in [3.8, 4) is 0 Å². The van der Waals surface area contributed by atoms with Crippen molar-refractivity contribution in [2.45, 2.75) is 347 Å². The van der Waals surface area contributed by atoms with Crippen LogP contribution in [0.2, 0.25) is 0 Å². The molecule has 3 atom stereocenters. The van der Waals surface area contributed by atoms with Crippen LogP contribution in [0.3, 0.4) is 0 Å². The molecule has 9 heteroatoms. The van der Waals surface area contributed by atoms with E-state index < -0.39 is 20.0 Å². The standard InChI is InChI=1S/C67H131N2O6P/c1-6-8-10-12-14-16-18-20-22-24-25-26-27-28-29-30-31-32-33-34-35-36-37-38-39-40-41-42-43-45-47-49-51-53-55-57-59-61-67(71)68-65(64-75-76(72,73)74-63-62-69(3,4)5)66(70)60-58-56-54-52-50-48-46-44-23-21-19-17-15-13-11-9-7-2/h32-33,50,52,58,60,65-66,70H,6-31,34-49,51,53-57,59,61-64H2,1-5H3,(H-,68,71,72,73)/p+1/b33-32-,52-50+,60-58+. The van der Waals surface area contributed by atoms with E-state index in [1.807, 2.05) is 27.2 Å². The van der Waals surface area contributed by atoms with Gasteiger partial charge in [0.15, 0.2) is 0 Å². The fourth-order valence-electron chi connectivity index (χ4n) is 10.1. The molecule has 0 aliphatic heterocycles. The van der Waals surface area contributed by atoms with E-state index in [4.69, 9.17) is 9.05 Å². The van der Waals surface area contributed by atoms with E-state index >= 15 is 0 Å². The molecule has 0 radical (unpaired) electrons. The maximum atomic E-state index is 13.0. The highest BCUT2D eigenvalue weighted by atomic mass is 31.2. The van der Waals surface area contributed by atoms with Gasteiger partial charge in [-0.15, -0.1) is 0 Å². The van der Waals surface area contributed by atoms with Gasteiger partial charge in [0.05, 0.1) is 39.9 Å². The molecule has 0 spiro atoms. The third-order valence-corrected chi connectivity index (χ3v) is 16.3. The summed E-state index contributed by atoms with van der Waals surface area (Å²) in [6.45, 7) is 4.84. The Morgan fingerprint density at radius 1 is 0.434 bits per heavy atom. The van der Waals surface area contributed by atoms with Crippen molar-refractivity contribution >= 4 is 13.7 Å². The number of hydrogen-bond donors (Lipinski definition) is 3. The Balaban J connectivity index is 3.97. The van der Waals surface area contributed by atoms with E-state index in [1.165, 1.54) is 276 Å². The predicted octanol–water partition coefficient (Wildman–Crippen LogP) is 20.9. The number of aliphatic hydroxyl groups excluding tert-OH is 1. The summed E-state index contributed by atoms with van der Waals surface area (Å²) in [6, 6.07) is -0.862. The van der Waals surface area contributed by atoms with Crippen molar-refractivity contribution in [2.24, 2.45) is 0 Å². The lowest BCUT2D eigenvalue weighted by atomic mass is 10.0. The quantitative estimate of drug-likeness (QED) is 0.0243. The van der Waals surface area contributed by atoms with Crippen LogP contribution < -0.4 is 5.32 Å². The Morgan fingerprint density at radius 3 is 1.05 bits per heavy atom. The van der Waals surface area contributed by atoms with Crippen molar-refractivity contribution < 1.29 is 32.9 Å². The summed E-state index contributed by atoms with van der Waals surface area (Å²) in [7, 11) is 1.57. The van der Waals surface area contributed by atoms with E-state index in [1.54, 1.807) is 6.08 Å². The molecule has 0 saturated heterocycles. The Morgan fingerprint density at radius 2 is 0.724 bits per heavy atom. The molecule has 0 aromatic rings. The molecule has 1 amide bonds. The largest absolute Gasteiger partial charge is 0.472 e. The van der Waals surface area contributed by atoms with Crippen molar-refractivity contribution in [1.82, 2.24) is 5.32 Å². The lowest BCUT2D eigenvalue weighted by Crippen LogP contribution is -2.45. The van der Waals surface area contributed by atoms with Gasteiger partial charge in [0.2, 0.25) is 5.91 Å². The minimum absolute atomic E-state index is 0.0576. The van der Waals surface area contributed by atoms with E-state index in [9.17, 15) is 19.4 Å². The van der Waals surface area contributed by atoms with E-state index in [-0.39, 0.29) is 19.1 Å². The summed E-state index contributed by atoms with van der Waals surface area (Å²) < 4.78 is 23.7. The van der Waals surface area contributed by atoms with Gasteiger partial charge in [0.1, 0.15) is 13.2 Å². The molecule has 0 rings (SSSR count). The topological polar surface area (TPSA) is 105 Å². The number of likely N-dealkylation sites (N-methyl/N-ethyl adjacent to an activating group) is 1. The lowest BCUT2D eigenvalue weighted by Gasteiger charge is -2.25. The molecule has 76 heavy (non-hydrogen) atoms. The first-order chi connectivity index (χ1) is 37.0. The molecule has 3 N–H and O–H groups in total. The number of carbonyl (C=O) groups excluding carboxylic acids is 1. The van der Waals surface area contributed by atoms with Gasteiger partial charge in [-0.05, 0) is 57.8 Å². The Labute approximate surface area is 474 Å². The molecule has 0 heterocycles. The highest BCUT2D eigenvalue weighted by molar-refractivity contribution is 7.47. The highest BCUT2D eigenvalue weighted by Gasteiger charge is 2.28. The number of nitrogens with zero attached hydrogens (tertiary/aromatic N) is 1. The number of phosphoric ester groups is 1. The molecule has 3 unspecified atom stereocenters. The number of allylic oxidation sites excluding steroid dienone is 5. The van der Waals surface area contributed by atoms with E-state index in [0.29, 0.717) is 17.4 Å². The van der Waals surface area contributed by atoms with Crippen LogP contribution in [0.15, 0.2) is 36.5 Å². The molecule has 0 aromatic carbocycles. The number of amides is 1. The Kier molecular flexibility index (Phi) is 57.4. The Bertz CT molecular complexity index is 1330. The van der Waals surface area contributed by atoms with Crippen LogP contribution in [0.4, 0.5) is 0 Å². The number of hydrogen-bond acceptors (Lipinski definition) is 5. The second-order valence-electron chi connectivity index (χ2n) is 24.2. The summed E-state index contributed by atoms with van der Waals surface area (Å²) in [4.78, 5) is 23.3. The molecule has 0 saturated carbocycles. The number of aliphatic hydroxyl groups is 1. The minimum atomic E-state index is -4.36. The van der Waals surface area contributed by atoms with Gasteiger partial charge in [-0.3, -0.25) is 13.8 Å². The molecule has 450 valence electrons. The van der Waals surface area contributed by atoms with Gasteiger partial charge < -0.3 is 19.8 Å². The van der Waals surface area contributed by atoms with Gasteiger partial charge in [0, 0.05) is 6.42 Å². The van der Waals surface area contributed by atoms with Crippen molar-refractivity contribution in [3.05, 3.63) is 36.5 Å². The number of phosphoric acid groups is 1. The summed E-state index contributed by atoms with van der Waals surface area (Å²) in [5.41, 5.74) is 0. The second-order valence-corrected chi connectivity index (χ2v) is 25.6. The van der Waals surface area contributed by atoms with Crippen molar-refractivity contribution in [2.75, 3.05) is 40.9 Å². The minimum Gasteiger partial charge on any atom is -0.387 e. The van der Waals surface area contributed by atoms with Gasteiger partial charge >= 0.3 is 7.82 Å². The molecule has 0 aliphatic carbocycles. The summed E-state index contributed by atoms with van der Waals surface area (Å²) in [5, 5.41) is 13.9. The average molecular weight is 1090 g/mol. The first-order valence-corrected chi connectivity index (χ1v) is 34.9. The summed E-state index contributed by atoms with van der Waals surface area (Å²) in [6.07, 6.45) is 77.3. The molecule has 0 bridgehead atoms. The van der Waals surface area contributed by atoms with E-state index in [0.717, 1.165) is 38.5 Å². The highest BCUT2D eigenvalue weighted by Crippen LogP contribution is 2.43. The van der Waals surface area contributed by atoms with Crippen LogP contribution >= 0.6 is 7.82 Å². The van der Waals surface area contributed by atoms with Gasteiger partial charge in [-0.25, -0.2) is 4.57 Å². The zero-order valence-electron chi connectivity index (χ0n) is 51.5. The maximum absolute atomic E-state index is 13.0. The zero-order valence-corrected chi connectivity index (χ0v) is 52.4. The third-order valence-electron chi connectivity index (χ3n) is 15.3. The number of quaternary nitrogens is 1. The maximum Gasteiger partial charge on any atom is 0.472 e. The molecule has 0 fully saturated rings. The number of rotatable bonds is 62. The van der Waals surface area contributed by atoms with Crippen LogP contribution in [-0.4, -0.2) is 73.4 Å². The number of nitrogens with one attached hydrogen (secondary N) is 1. The second kappa shape index (κ2) is 58.4. The normalized spacial score (nSPS) is 13.9. The average Bonchev–Trinajstić information content (AvgIpc) is 3.38. The monoisotopic (exact) mass is 1090 g/mol. The third kappa shape index (κ3) is 60.4. The zero-order chi connectivity index (χ0) is 55.6. The smallest absolute Gasteiger partial charge is 0.387 e. The van der Waals surface area contributed by atoms with Crippen LogP contribution in [0.1, 0.15) is 335 Å². The number of carbonyl (C=O) groups is 1. The molecule has 8 nitrogen and oxygen atoms in total. The first kappa shape index (κ1) is 74.7. The molecule has 0 aliphatic rings. The van der Waals surface area contributed by atoms with Gasteiger partial charge in [0.25, 0.3) is 0 Å². The predicted molar refractivity (Wildman–Crippen MR) is 332 cm³/mol. The molecular formula is C67H132N2O6P+. The van der Waals surface area contributed by atoms with Crippen LogP contribution in [0.5, 0.6) is 0 Å². The lowest BCUT2D eigenvalue weighted by molar-refractivity contribution is -0.870. The number of unbranched alkanes of at least 4 members (excludes halogenated alkanes) is 45. The van der Waals surface area contributed by atoms with E-state index in [2.05, 4.69) is 43.5 Å². The van der Waals surface area contributed by atoms with Crippen LogP contribution in [0.25, 0.3) is 0 Å². The molecule has 0 aromatic heterocycles. The first-order valence-electron chi connectivity index (χ1n) is 33.4. The van der Waals surface area contributed by atoms with Crippen LogP contribution in [-0.2, 0) is 18.4 Å². The fraction of sp³-hybridized carbons (Fsp3) is 0.896. The molecular weight excluding hydrogens is 960 g/mol. The van der Waals surface area contributed by atoms with Crippen LogP contribution in [0, 0.1) is 0 Å². The summed E-state index contributed by atoms with van der Waals surface area (Å²) in [5.74, 6) is -0.181. The summed E-state index contributed by atoms with van der Waals surface area (Å²) >= 11 is 0. The Hall–Kier alpha value is -1.28. The van der Waals surface area contributed by atoms with Crippen molar-refractivity contribution in [1.29, 1.82) is 0 Å². The SMILES string of the molecule is CCCCCCCCCCCCC/C=C/CC/C=C/C(O)C(COP(=O)(O)OCC[N+](C)(C)C)NC(=O)CCCCCCCCCCCCCCCCCCC/C=C\CCCCCCCCCCCCCCCCCC. The van der Waals surface area contributed by atoms with Gasteiger partial charge in [-0.2, -0.15) is 0 Å². The van der Waals surface area contributed by atoms with Crippen molar-refractivity contribution in [3.63, 3.8) is 0 Å². The van der Waals surface area contributed by atoms with Gasteiger partial charge in [-0.1, -0.05) is 307 Å².